The first-order chi connectivity index (χ1) is 19.3. The number of benzene rings is 3. The number of unbranched alkanes of at least 4 members (excludes halogenated alkanes) is 1. The van der Waals surface area contributed by atoms with Crippen LogP contribution >= 0.6 is 22.6 Å². The maximum atomic E-state index is 13.6. The first-order valence-corrected chi connectivity index (χ1v) is 13.9. The first kappa shape index (κ1) is 29.1. The van der Waals surface area contributed by atoms with Gasteiger partial charge in [0.1, 0.15) is 23.7 Å². The molecule has 0 aromatic heterocycles. The highest BCUT2D eigenvalue weighted by molar-refractivity contribution is 14.1. The smallest absolute Gasteiger partial charge is 0.335 e. The molecule has 8 nitrogen and oxygen atoms in total. The van der Waals surface area contributed by atoms with Crippen LogP contribution in [0.2, 0.25) is 0 Å². The fourth-order valence-corrected chi connectivity index (χ4v) is 4.72. The normalized spacial score (nSPS) is 14.3. The van der Waals surface area contributed by atoms with Crippen LogP contribution in [0.4, 0.5) is 14.9 Å². The molecule has 0 saturated carbocycles. The lowest BCUT2D eigenvalue weighted by Crippen LogP contribution is -2.54. The molecule has 1 saturated heterocycles. The van der Waals surface area contributed by atoms with E-state index in [9.17, 15) is 18.8 Å². The van der Waals surface area contributed by atoms with Gasteiger partial charge in [-0.15, -0.1) is 0 Å². The van der Waals surface area contributed by atoms with Crippen molar-refractivity contribution in [3.05, 3.63) is 86.8 Å². The molecule has 40 heavy (non-hydrogen) atoms. The highest BCUT2D eigenvalue weighted by atomic mass is 127. The van der Waals surface area contributed by atoms with E-state index in [2.05, 4.69) is 34.8 Å². The second-order valence-electron chi connectivity index (χ2n) is 8.84. The van der Waals surface area contributed by atoms with Crippen LogP contribution in [0, 0.1) is 9.39 Å². The number of carbonyl (C=O) groups excluding carboxylic acids is 3. The summed E-state index contributed by atoms with van der Waals surface area (Å²) in [6.07, 6.45) is 3.31. The third-order valence-corrected chi connectivity index (χ3v) is 6.68. The highest BCUT2D eigenvalue weighted by Crippen LogP contribution is 2.36. The van der Waals surface area contributed by atoms with Crippen molar-refractivity contribution in [1.82, 2.24) is 5.32 Å². The van der Waals surface area contributed by atoms with Gasteiger partial charge in [-0.1, -0.05) is 25.5 Å². The van der Waals surface area contributed by atoms with Gasteiger partial charge < -0.3 is 14.2 Å². The van der Waals surface area contributed by atoms with Crippen molar-refractivity contribution < 1.29 is 33.0 Å². The number of hydrogen-bond acceptors (Lipinski definition) is 6. The molecule has 0 spiro atoms. The number of rotatable bonds is 11. The van der Waals surface area contributed by atoms with Gasteiger partial charge in [0.15, 0.2) is 11.5 Å². The van der Waals surface area contributed by atoms with Crippen molar-refractivity contribution in [2.24, 2.45) is 0 Å². The summed E-state index contributed by atoms with van der Waals surface area (Å²) >= 11 is 2.07. The molecule has 1 fully saturated rings. The average molecular weight is 658 g/mol. The number of barbiturate groups is 1. The Kier molecular flexibility index (Phi) is 9.75. The van der Waals surface area contributed by atoms with E-state index in [1.165, 1.54) is 18.2 Å². The second kappa shape index (κ2) is 13.4. The van der Waals surface area contributed by atoms with Crippen LogP contribution in [0.5, 0.6) is 17.2 Å². The summed E-state index contributed by atoms with van der Waals surface area (Å²) in [7, 11) is 0. The van der Waals surface area contributed by atoms with Crippen molar-refractivity contribution in [3.63, 3.8) is 0 Å². The molecular weight excluding hydrogens is 630 g/mol. The standard InChI is InChI=1S/C30H28FIN2O6/c1-3-5-13-39-23-11-9-22(10-12-23)34-29(36)24(28(35)33-30(34)37)15-20-16-25(32)27(26(17-20)38-4-2)40-18-19-7-6-8-21(31)14-19/h6-12,14-17H,3-5,13,18H2,1-2H3,(H,33,35,37)/b24-15-. The van der Waals surface area contributed by atoms with Crippen LogP contribution in [0.1, 0.15) is 37.8 Å². The van der Waals surface area contributed by atoms with Crippen LogP contribution in [-0.4, -0.2) is 31.1 Å². The molecule has 0 radical (unpaired) electrons. The lowest BCUT2D eigenvalue weighted by Gasteiger charge is -2.26. The summed E-state index contributed by atoms with van der Waals surface area (Å²) in [6.45, 7) is 4.91. The number of amides is 4. The lowest BCUT2D eigenvalue weighted by molar-refractivity contribution is -0.122. The number of halogens is 2. The molecule has 1 aliphatic rings. The third kappa shape index (κ3) is 6.98. The molecule has 1 heterocycles. The molecule has 4 amide bonds. The monoisotopic (exact) mass is 658 g/mol. The van der Waals surface area contributed by atoms with Gasteiger partial charge in [-0.25, -0.2) is 14.1 Å². The number of urea groups is 1. The van der Waals surface area contributed by atoms with Crippen LogP contribution in [0.15, 0.2) is 66.2 Å². The van der Waals surface area contributed by atoms with Gasteiger partial charge in [-0.05, 0) is 102 Å². The number of ether oxygens (including phenoxy) is 3. The number of nitrogens with one attached hydrogen (secondary N) is 1. The van der Waals surface area contributed by atoms with Crippen molar-refractivity contribution >= 4 is 52.2 Å². The summed E-state index contributed by atoms with van der Waals surface area (Å²) in [5.74, 6) is -0.453. The number of carbonyl (C=O) groups is 3. The Morgan fingerprint density at radius 1 is 0.975 bits per heavy atom. The molecular formula is C30H28FIN2O6. The van der Waals surface area contributed by atoms with Crippen LogP contribution < -0.4 is 24.4 Å². The van der Waals surface area contributed by atoms with Gasteiger partial charge in [0.2, 0.25) is 0 Å². The van der Waals surface area contributed by atoms with Crippen molar-refractivity contribution in [2.45, 2.75) is 33.3 Å². The van der Waals surface area contributed by atoms with E-state index in [1.807, 2.05) is 6.92 Å². The first-order valence-electron chi connectivity index (χ1n) is 12.8. The number of nitrogens with zero attached hydrogens (tertiary/aromatic N) is 1. The van der Waals surface area contributed by atoms with Crippen LogP contribution in [0.25, 0.3) is 6.08 Å². The average Bonchev–Trinajstić information content (AvgIpc) is 2.92. The fraction of sp³-hybridized carbons (Fsp3) is 0.233. The fourth-order valence-electron chi connectivity index (χ4n) is 3.94. The topological polar surface area (TPSA) is 94.2 Å². The van der Waals surface area contributed by atoms with Crippen molar-refractivity contribution in [3.8, 4) is 17.2 Å². The minimum absolute atomic E-state index is 0.120. The Bertz CT molecular complexity index is 1440. The summed E-state index contributed by atoms with van der Waals surface area (Å²) in [5, 5.41) is 2.23. The summed E-state index contributed by atoms with van der Waals surface area (Å²) in [5.41, 5.74) is 1.24. The zero-order valence-electron chi connectivity index (χ0n) is 22.0. The van der Waals surface area contributed by atoms with Gasteiger partial charge >= 0.3 is 6.03 Å². The molecule has 208 valence electrons. The maximum absolute atomic E-state index is 13.6. The molecule has 3 aromatic rings. The number of anilines is 1. The minimum atomic E-state index is -0.836. The third-order valence-electron chi connectivity index (χ3n) is 5.88. The Hall–Kier alpha value is -3.93. The predicted molar refractivity (Wildman–Crippen MR) is 157 cm³/mol. The Morgan fingerprint density at radius 2 is 1.75 bits per heavy atom. The van der Waals surface area contributed by atoms with E-state index in [0.717, 1.165) is 17.7 Å². The van der Waals surface area contributed by atoms with Gasteiger partial charge in [-0.3, -0.25) is 14.9 Å². The van der Waals surface area contributed by atoms with E-state index in [1.54, 1.807) is 48.5 Å². The molecule has 0 aliphatic carbocycles. The zero-order chi connectivity index (χ0) is 28.6. The van der Waals surface area contributed by atoms with E-state index >= 15 is 0 Å². The lowest BCUT2D eigenvalue weighted by atomic mass is 10.1. The molecule has 1 N–H and O–H groups in total. The molecule has 0 atom stereocenters. The zero-order valence-corrected chi connectivity index (χ0v) is 24.2. The van der Waals surface area contributed by atoms with Gasteiger partial charge in [0, 0.05) is 0 Å². The SMILES string of the molecule is CCCCOc1ccc(N2C(=O)NC(=O)/C(=C/c3cc(I)c(OCc4cccc(F)c4)c(OCC)c3)C2=O)cc1. The van der Waals surface area contributed by atoms with E-state index in [0.29, 0.717) is 50.8 Å². The van der Waals surface area contributed by atoms with Crippen LogP contribution in [0.3, 0.4) is 0 Å². The Labute approximate surface area is 245 Å². The van der Waals surface area contributed by atoms with E-state index in [4.69, 9.17) is 14.2 Å². The number of imide groups is 2. The maximum Gasteiger partial charge on any atom is 0.335 e. The van der Waals surface area contributed by atoms with Gasteiger partial charge in [0.05, 0.1) is 22.5 Å². The molecule has 3 aromatic carbocycles. The number of hydrogen-bond donors (Lipinski definition) is 1. The second-order valence-corrected chi connectivity index (χ2v) is 10.00. The quantitative estimate of drug-likeness (QED) is 0.113. The van der Waals surface area contributed by atoms with Crippen LogP contribution in [-0.2, 0) is 16.2 Å². The summed E-state index contributed by atoms with van der Waals surface area (Å²) in [6, 6.07) is 15.2. The molecule has 0 bridgehead atoms. The minimum Gasteiger partial charge on any atom is -0.494 e. The predicted octanol–water partition coefficient (Wildman–Crippen LogP) is 6.25. The summed E-state index contributed by atoms with van der Waals surface area (Å²) < 4.78 is 31.6. The molecule has 10 heteroatoms. The molecule has 0 unspecified atom stereocenters. The van der Waals surface area contributed by atoms with E-state index < -0.39 is 17.8 Å². The van der Waals surface area contributed by atoms with Crippen molar-refractivity contribution in [2.75, 3.05) is 18.1 Å². The Balaban J connectivity index is 1.59. The Morgan fingerprint density at radius 3 is 2.45 bits per heavy atom. The largest absolute Gasteiger partial charge is 0.494 e. The summed E-state index contributed by atoms with van der Waals surface area (Å²) in [4.78, 5) is 39.6. The molecule has 1 aliphatic heterocycles. The van der Waals surface area contributed by atoms with Crippen molar-refractivity contribution in [1.29, 1.82) is 0 Å². The molecule has 4 rings (SSSR count). The highest BCUT2D eigenvalue weighted by Gasteiger charge is 2.37. The van der Waals surface area contributed by atoms with E-state index in [-0.39, 0.29) is 18.0 Å². The van der Waals surface area contributed by atoms with Gasteiger partial charge in [-0.2, -0.15) is 0 Å². The van der Waals surface area contributed by atoms with Gasteiger partial charge in [0.25, 0.3) is 11.8 Å².